The van der Waals surface area contributed by atoms with E-state index in [9.17, 15) is 8.78 Å². The molecule has 0 aliphatic carbocycles. The van der Waals surface area contributed by atoms with Gasteiger partial charge in [0.15, 0.2) is 11.6 Å². The van der Waals surface area contributed by atoms with Gasteiger partial charge in [0.1, 0.15) is 0 Å². The van der Waals surface area contributed by atoms with Crippen molar-refractivity contribution in [2.24, 2.45) is 12.8 Å². The maximum atomic E-state index is 13.2. The molecule has 0 saturated heterocycles. The second kappa shape index (κ2) is 4.86. The van der Waals surface area contributed by atoms with Gasteiger partial charge in [-0.3, -0.25) is 4.68 Å². The summed E-state index contributed by atoms with van der Waals surface area (Å²) in [6.07, 6.45) is 0.707. The van der Waals surface area contributed by atoms with Gasteiger partial charge in [0.05, 0.1) is 5.69 Å². The van der Waals surface area contributed by atoms with Gasteiger partial charge in [-0.05, 0) is 37.2 Å². The second-order valence-corrected chi connectivity index (χ2v) is 4.21. The summed E-state index contributed by atoms with van der Waals surface area (Å²) in [5.74, 6) is -1.72. The third kappa shape index (κ3) is 2.13. The van der Waals surface area contributed by atoms with E-state index in [1.165, 1.54) is 6.07 Å². The van der Waals surface area contributed by atoms with E-state index in [1.807, 2.05) is 14.0 Å². The monoisotopic (exact) mass is 251 g/mol. The van der Waals surface area contributed by atoms with Crippen LogP contribution in [0.4, 0.5) is 8.78 Å². The predicted octanol–water partition coefficient (Wildman–Crippen LogP) is 2.17. The smallest absolute Gasteiger partial charge is 0.159 e. The standard InChI is InChI=1S/C13H15F2N3/c1-8-12(5-6-16)18(2)17-13(8)9-3-4-10(14)11(15)7-9/h3-4,7H,5-6,16H2,1-2H3. The fraction of sp³-hybridized carbons (Fsp3) is 0.308. The molecule has 0 spiro atoms. The zero-order valence-electron chi connectivity index (χ0n) is 10.4. The summed E-state index contributed by atoms with van der Waals surface area (Å²) in [6, 6.07) is 3.80. The van der Waals surface area contributed by atoms with Crippen LogP contribution in [0.1, 0.15) is 11.3 Å². The van der Waals surface area contributed by atoms with Crippen LogP contribution >= 0.6 is 0 Å². The lowest BCUT2D eigenvalue weighted by molar-refractivity contribution is 0.509. The van der Waals surface area contributed by atoms with Crippen molar-refractivity contribution in [2.75, 3.05) is 6.54 Å². The lowest BCUT2D eigenvalue weighted by Gasteiger charge is -2.01. The first-order valence-corrected chi connectivity index (χ1v) is 5.72. The maximum Gasteiger partial charge on any atom is 0.159 e. The first-order chi connectivity index (χ1) is 8.54. The highest BCUT2D eigenvalue weighted by atomic mass is 19.2. The number of nitrogens with zero attached hydrogens (tertiary/aromatic N) is 2. The van der Waals surface area contributed by atoms with Crippen molar-refractivity contribution >= 4 is 0 Å². The van der Waals surface area contributed by atoms with Crippen LogP contribution in [0.15, 0.2) is 18.2 Å². The minimum atomic E-state index is -0.863. The third-order valence-electron chi connectivity index (χ3n) is 3.00. The largest absolute Gasteiger partial charge is 0.330 e. The molecule has 0 fully saturated rings. The Labute approximate surface area is 104 Å². The molecule has 1 aromatic carbocycles. The van der Waals surface area contributed by atoms with Crippen LogP contribution in [0.25, 0.3) is 11.3 Å². The molecule has 0 bridgehead atoms. The number of aryl methyl sites for hydroxylation is 1. The average molecular weight is 251 g/mol. The van der Waals surface area contributed by atoms with Crippen LogP contribution in [-0.2, 0) is 13.5 Å². The Morgan fingerprint density at radius 3 is 2.61 bits per heavy atom. The van der Waals surface area contributed by atoms with E-state index in [0.29, 0.717) is 24.2 Å². The van der Waals surface area contributed by atoms with Crippen molar-refractivity contribution in [3.63, 3.8) is 0 Å². The van der Waals surface area contributed by atoms with E-state index < -0.39 is 11.6 Å². The molecule has 5 heteroatoms. The molecule has 0 radical (unpaired) electrons. The number of halogens is 2. The summed E-state index contributed by atoms with van der Waals surface area (Å²) in [5, 5.41) is 4.34. The number of benzene rings is 1. The number of hydrogen-bond acceptors (Lipinski definition) is 2. The molecule has 0 unspecified atom stereocenters. The summed E-state index contributed by atoms with van der Waals surface area (Å²) in [5.41, 5.74) is 8.74. The van der Waals surface area contributed by atoms with Crippen LogP contribution in [0.3, 0.4) is 0 Å². The quantitative estimate of drug-likeness (QED) is 0.908. The van der Waals surface area contributed by atoms with Crippen molar-refractivity contribution in [3.05, 3.63) is 41.1 Å². The zero-order valence-corrected chi connectivity index (χ0v) is 10.4. The molecule has 2 rings (SSSR count). The van der Waals surface area contributed by atoms with Gasteiger partial charge >= 0.3 is 0 Å². The van der Waals surface area contributed by atoms with Crippen LogP contribution in [0, 0.1) is 18.6 Å². The van der Waals surface area contributed by atoms with Crippen molar-refractivity contribution in [1.29, 1.82) is 0 Å². The fourth-order valence-corrected chi connectivity index (χ4v) is 2.07. The number of nitrogens with two attached hydrogens (primary N) is 1. The Morgan fingerprint density at radius 2 is 2.00 bits per heavy atom. The van der Waals surface area contributed by atoms with E-state index in [-0.39, 0.29) is 0 Å². The van der Waals surface area contributed by atoms with Gasteiger partial charge < -0.3 is 5.73 Å². The van der Waals surface area contributed by atoms with E-state index >= 15 is 0 Å². The Balaban J connectivity index is 2.50. The predicted molar refractivity (Wildman–Crippen MR) is 66.1 cm³/mol. The van der Waals surface area contributed by atoms with Crippen LogP contribution in [0.5, 0.6) is 0 Å². The van der Waals surface area contributed by atoms with Crippen LogP contribution < -0.4 is 5.73 Å². The molecular weight excluding hydrogens is 236 g/mol. The maximum absolute atomic E-state index is 13.2. The van der Waals surface area contributed by atoms with Gasteiger partial charge in [-0.25, -0.2) is 8.78 Å². The molecule has 18 heavy (non-hydrogen) atoms. The molecule has 3 nitrogen and oxygen atoms in total. The summed E-state index contributed by atoms with van der Waals surface area (Å²) < 4.78 is 27.9. The van der Waals surface area contributed by atoms with Crippen LogP contribution in [0.2, 0.25) is 0 Å². The summed E-state index contributed by atoms with van der Waals surface area (Å²) >= 11 is 0. The van der Waals surface area contributed by atoms with Crippen molar-refractivity contribution in [3.8, 4) is 11.3 Å². The third-order valence-corrected chi connectivity index (χ3v) is 3.00. The van der Waals surface area contributed by atoms with E-state index in [1.54, 1.807) is 4.68 Å². The van der Waals surface area contributed by atoms with Gasteiger partial charge in [0, 0.05) is 24.7 Å². The fourth-order valence-electron chi connectivity index (χ4n) is 2.07. The molecule has 2 aromatic rings. The summed E-state index contributed by atoms with van der Waals surface area (Å²) in [7, 11) is 1.82. The van der Waals surface area contributed by atoms with Gasteiger partial charge in [-0.2, -0.15) is 5.10 Å². The first kappa shape index (κ1) is 12.7. The molecule has 96 valence electrons. The highest BCUT2D eigenvalue weighted by Crippen LogP contribution is 2.25. The number of aromatic nitrogens is 2. The topological polar surface area (TPSA) is 43.8 Å². The lowest BCUT2D eigenvalue weighted by atomic mass is 10.1. The second-order valence-electron chi connectivity index (χ2n) is 4.21. The van der Waals surface area contributed by atoms with Gasteiger partial charge in [0.2, 0.25) is 0 Å². The van der Waals surface area contributed by atoms with Gasteiger partial charge in [-0.15, -0.1) is 0 Å². The molecule has 1 aromatic heterocycles. The van der Waals surface area contributed by atoms with E-state index in [4.69, 9.17) is 5.73 Å². The highest BCUT2D eigenvalue weighted by molar-refractivity contribution is 5.63. The molecule has 0 aliphatic heterocycles. The van der Waals surface area contributed by atoms with Gasteiger partial charge in [-0.1, -0.05) is 0 Å². The highest BCUT2D eigenvalue weighted by Gasteiger charge is 2.14. The van der Waals surface area contributed by atoms with Crippen molar-refractivity contribution < 1.29 is 8.78 Å². The first-order valence-electron chi connectivity index (χ1n) is 5.72. The SMILES string of the molecule is Cc1c(-c2ccc(F)c(F)c2)nn(C)c1CCN. The van der Waals surface area contributed by atoms with E-state index in [0.717, 1.165) is 23.4 Å². The van der Waals surface area contributed by atoms with Gasteiger partial charge in [0.25, 0.3) is 0 Å². The molecule has 2 N–H and O–H groups in total. The van der Waals surface area contributed by atoms with Crippen molar-refractivity contribution in [1.82, 2.24) is 9.78 Å². The lowest BCUT2D eigenvalue weighted by Crippen LogP contribution is -2.08. The van der Waals surface area contributed by atoms with Crippen LogP contribution in [-0.4, -0.2) is 16.3 Å². The minimum Gasteiger partial charge on any atom is -0.330 e. The van der Waals surface area contributed by atoms with Crippen molar-refractivity contribution in [2.45, 2.75) is 13.3 Å². The number of hydrogen-bond donors (Lipinski definition) is 1. The van der Waals surface area contributed by atoms with E-state index in [2.05, 4.69) is 5.10 Å². The molecule has 0 saturated carbocycles. The zero-order chi connectivity index (χ0) is 13.3. The normalized spacial score (nSPS) is 10.9. The minimum absolute atomic E-state index is 0.525. The summed E-state index contributed by atoms with van der Waals surface area (Å²) in [6.45, 7) is 2.44. The molecular formula is C13H15F2N3. The molecule has 0 aliphatic rings. The molecule has 0 amide bonds. The Hall–Kier alpha value is -1.75. The average Bonchev–Trinajstić information content (AvgIpc) is 2.61. The Morgan fingerprint density at radius 1 is 1.28 bits per heavy atom. The molecule has 0 atom stereocenters. The summed E-state index contributed by atoms with van der Waals surface area (Å²) in [4.78, 5) is 0. The Bertz CT molecular complexity index is 576. The molecule has 1 heterocycles. The Kier molecular flexibility index (Phi) is 3.43. The number of rotatable bonds is 3.